The third-order valence-electron chi connectivity index (χ3n) is 1.83. The molecule has 2 aromatic heterocycles. The summed E-state index contributed by atoms with van der Waals surface area (Å²) in [5.41, 5.74) is -1.01. The smallest absolute Gasteiger partial charge is 0.435 e. The van der Waals surface area contributed by atoms with Gasteiger partial charge in [-0.05, 0) is 6.92 Å². The van der Waals surface area contributed by atoms with E-state index in [2.05, 4.69) is 14.8 Å². The Hall–Kier alpha value is -1.64. The Labute approximate surface area is 96.8 Å². The highest BCUT2D eigenvalue weighted by Gasteiger charge is 2.36. The van der Waals surface area contributed by atoms with Gasteiger partial charge in [-0.25, -0.2) is 9.78 Å². The highest BCUT2D eigenvalue weighted by molar-refractivity contribution is 7.18. The van der Waals surface area contributed by atoms with Gasteiger partial charge in [-0.3, -0.25) is 0 Å². The molecule has 0 fully saturated rings. The number of fused-ring (bicyclic) bond motifs is 1. The number of imidazole rings is 1. The van der Waals surface area contributed by atoms with Crippen LogP contribution in [0, 0.1) is 0 Å². The minimum Gasteiger partial charge on any atom is -0.461 e. The topological polar surface area (TPSA) is 56.5 Å². The number of hydrogen-bond donors (Lipinski definition) is 0. The van der Waals surface area contributed by atoms with Crippen LogP contribution in [0.3, 0.4) is 0 Å². The van der Waals surface area contributed by atoms with Gasteiger partial charge < -0.3 is 4.74 Å². The van der Waals surface area contributed by atoms with Crippen LogP contribution in [0.4, 0.5) is 13.2 Å². The number of carbonyl (C=O) groups is 1. The molecule has 0 N–H and O–H groups in total. The first kappa shape index (κ1) is 11.8. The molecule has 0 amide bonds. The van der Waals surface area contributed by atoms with Crippen molar-refractivity contribution in [2.24, 2.45) is 0 Å². The minimum atomic E-state index is -4.56. The first-order valence-corrected chi connectivity index (χ1v) is 5.34. The van der Waals surface area contributed by atoms with E-state index >= 15 is 0 Å². The Balaban J connectivity index is 2.45. The van der Waals surface area contributed by atoms with E-state index in [9.17, 15) is 18.0 Å². The first-order valence-electron chi connectivity index (χ1n) is 4.52. The maximum Gasteiger partial charge on any atom is 0.435 e. The highest BCUT2D eigenvalue weighted by Crippen LogP contribution is 2.30. The van der Waals surface area contributed by atoms with E-state index in [1.54, 1.807) is 6.92 Å². The summed E-state index contributed by atoms with van der Waals surface area (Å²) in [6.45, 7) is 1.73. The summed E-state index contributed by atoms with van der Waals surface area (Å²) in [5, 5.41) is 3.38. The summed E-state index contributed by atoms with van der Waals surface area (Å²) >= 11 is 0.748. The van der Waals surface area contributed by atoms with E-state index in [0.29, 0.717) is 10.7 Å². The Bertz CT molecular complexity index is 560. The molecule has 9 heteroatoms. The average molecular weight is 265 g/mol. The summed E-state index contributed by atoms with van der Waals surface area (Å²) in [6.07, 6.45) is -3.88. The van der Waals surface area contributed by atoms with Gasteiger partial charge in [-0.2, -0.15) is 17.7 Å². The third-order valence-corrected chi connectivity index (χ3v) is 2.73. The van der Waals surface area contributed by atoms with Crippen molar-refractivity contribution >= 4 is 22.3 Å². The molecule has 0 aliphatic carbocycles. The molecule has 2 heterocycles. The van der Waals surface area contributed by atoms with Gasteiger partial charge in [0.05, 0.1) is 12.8 Å². The summed E-state index contributed by atoms with van der Waals surface area (Å²) in [7, 11) is 0. The number of carbonyl (C=O) groups excluding carboxylic acids is 1. The Morgan fingerprint density at radius 3 is 2.88 bits per heavy atom. The molecule has 0 aliphatic rings. The molecule has 17 heavy (non-hydrogen) atoms. The second-order valence-corrected chi connectivity index (χ2v) is 3.92. The van der Waals surface area contributed by atoms with Crippen LogP contribution >= 0.6 is 11.3 Å². The normalized spacial score (nSPS) is 12.0. The molecule has 0 saturated heterocycles. The van der Waals surface area contributed by atoms with Crippen molar-refractivity contribution < 1.29 is 22.7 Å². The molecule has 0 spiro atoms. The standard InChI is InChI=1S/C8H6F3N3O2S/c1-2-16-6(15)5-13-14-4(8(9,10)11)3-12-7(14)17-5/h3H,2H2,1H3. The van der Waals surface area contributed by atoms with Gasteiger partial charge in [-0.15, -0.1) is 5.10 Å². The molecule has 92 valence electrons. The van der Waals surface area contributed by atoms with Crippen molar-refractivity contribution in [3.05, 3.63) is 16.9 Å². The quantitative estimate of drug-likeness (QED) is 0.779. The fourth-order valence-corrected chi connectivity index (χ4v) is 1.93. The largest absolute Gasteiger partial charge is 0.461 e. The number of ether oxygens (including phenoxy) is 1. The van der Waals surface area contributed by atoms with Crippen LogP contribution in [0.25, 0.3) is 4.96 Å². The number of alkyl halides is 3. The lowest BCUT2D eigenvalue weighted by molar-refractivity contribution is -0.142. The Morgan fingerprint density at radius 1 is 1.59 bits per heavy atom. The lowest BCUT2D eigenvalue weighted by Crippen LogP contribution is -2.10. The predicted octanol–water partition coefficient (Wildman–Crippen LogP) is 1.99. The lowest BCUT2D eigenvalue weighted by atomic mass is 10.5. The first-order chi connectivity index (χ1) is 7.93. The Kier molecular flexibility index (Phi) is 2.77. The van der Waals surface area contributed by atoms with Crippen molar-refractivity contribution in [1.82, 2.24) is 14.6 Å². The van der Waals surface area contributed by atoms with Gasteiger partial charge >= 0.3 is 12.1 Å². The molecule has 0 saturated carbocycles. The van der Waals surface area contributed by atoms with E-state index < -0.39 is 17.8 Å². The molecule has 2 aromatic rings. The second-order valence-electron chi connectivity index (χ2n) is 2.96. The fraction of sp³-hybridized carbons (Fsp3) is 0.375. The maximum absolute atomic E-state index is 12.5. The van der Waals surface area contributed by atoms with Crippen LogP contribution in [0.15, 0.2) is 6.20 Å². The summed E-state index contributed by atoms with van der Waals surface area (Å²) in [6, 6.07) is 0. The summed E-state index contributed by atoms with van der Waals surface area (Å²) in [5.74, 6) is -0.754. The number of rotatable bonds is 2. The lowest BCUT2D eigenvalue weighted by Gasteiger charge is -2.01. The van der Waals surface area contributed by atoms with Crippen LogP contribution in [-0.4, -0.2) is 27.2 Å². The molecule has 0 aliphatic heterocycles. The molecule has 0 unspecified atom stereocenters. The molecular formula is C8H6F3N3O2S. The molecule has 0 aromatic carbocycles. The third kappa shape index (κ3) is 2.09. The van der Waals surface area contributed by atoms with Crippen LogP contribution in [0.5, 0.6) is 0 Å². The van der Waals surface area contributed by atoms with E-state index in [1.165, 1.54) is 0 Å². The van der Waals surface area contributed by atoms with E-state index in [-0.39, 0.29) is 16.6 Å². The minimum absolute atomic E-state index is 0.000350. The predicted molar refractivity (Wildman–Crippen MR) is 51.8 cm³/mol. The van der Waals surface area contributed by atoms with Crippen LogP contribution < -0.4 is 0 Å². The van der Waals surface area contributed by atoms with Crippen molar-refractivity contribution in [1.29, 1.82) is 0 Å². The van der Waals surface area contributed by atoms with Crippen LogP contribution in [0.2, 0.25) is 0 Å². The zero-order valence-corrected chi connectivity index (χ0v) is 9.30. The van der Waals surface area contributed by atoms with Gasteiger partial charge in [0.2, 0.25) is 9.97 Å². The number of nitrogens with zero attached hydrogens (tertiary/aromatic N) is 3. The van der Waals surface area contributed by atoms with Crippen molar-refractivity contribution in [2.45, 2.75) is 13.1 Å². The summed E-state index contributed by atoms with van der Waals surface area (Å²) < 4.78 is 42.7. The van der Waals surface area contributed by atoms with Crippen molar-refractivity contribution in [3.8, 4) is 0 Å². The zero-order chi connectivity index (χ0) is 12.6. The zero-order valence-electron chi connectivity index (χ0n) is 8.48. The van der Waals surface area contributed by atoms with Crippen LogP contribution in [0.1, 0.15) is 22.4 Å². The van der Waals surface area contributed by atoms with Gasteiger partial charge in [0.25, 0.3) is 0 Å². The average Bonchev–Trinajstić information content (AvgIpc) is 2.73. The van der Waals surface area contributed by atoms with E-state index in [0.717, 1.165) is 11.3 Å². The van der Waals surface area contributed by atoms with Crippen molar-refractivity contribution in [3.63, 3.8) is 0 Å². The van der Waals surface area contributed by atoms with Gasteiger partial charge in [0, 0.05) is 0 Å². The fourth-order valence-electron chi connectivity index (χ4n) is 1.16. The van der Waals surface area contributed by atoms with E-state index in [4.69, 9.17) is 0 Å². The number of halogens is 3. The molecule has 2 rings (SSSR count). The highest BCUT2D eigenvalue weighted by atomic mass is 32.1. The summed E-state index contributed by atoms with van der Waals surface area (Å²) in [4.78, 5) is 14.8. The van der Waals surface area contributed by atoms with Gasteiger partial charge in [0.1, 0.15) is 0 Å². The number of esters is 1. The van der Waals surface area contributed by atoms with E-state index in [1.807, 2.05) is 0 Å². The molecular weight excluding hydrogens is 259 g/mol. The van der Waals surface area contributed by atoms with Crippen LogP contribution in [-0.2, 0) is 10.9 Å². The monoisotopic (exact) mass is 265 g/mol. The molecule has 0 bridgehead atoms. The molecule has 5 nitrogen and oxygen atoms in total. The van der Waals surface area contributed by atoms with Gasteiger partial charge in [0.15, 0.2) is 5.69 Å². The number of aromatic nitrogens is 3. The molecule has 0 atom stereocenters. The van der Waals surface area contributed by atoms with Gasteiger partial charge in [-0.1, -0.05) is 11.3 Å². The molecule has 0 radical (unpaired) electrons. The maximum atomic E-state index is 12.5. The Morgan fingerprint density at radius 2 is 2.29 bits per heavy atom. The second kappa shape index (κ2) is 3.99. The SMILES string of the molecule is CCOC(=O)c1nn2c(C(F)(F)F)cnc2s1. The number of hydrogen-bond acceptors (Lipinski definition) is 5. The van der Waals surface area contributed by atoms with Crippen molar-refractivity contribution in [2.75, 3.05) is 6.61 Å².